The maximum Gasteiger partial charge on any atom is 0.255 e. The molecule has 4 rings (SSSR count). The second kappa shape index (κ2) is 11.8. The van der Waals surface area contributed by atoms with Gasteiger partial charge in [0.2, 0.25) is 5.91 Å². The molecule has 2 fully saturated rings. The van der Waals surface area contributed by atoms with Gasteiger partial charge in [-0.3, -0.25) is 19.2 Å². The summed E-state index contributed by atoms with van der Waals surface area (Å²) in [6, 6.07) is 5.98. The average molecular weight is 486 g/mol. The van der Waals surface area contributed by atoms with Crippen molar-refractivity contribution in [2.24, 2.45) is 5.92 Å². The van der Waals surface area contributed by atoms with Crippen LogP contribution in [0, 0.1) is 11.7 Å². The minimum atomic E-state index is -0.446. The highest BCUT2D eigenvalue weighted by Gasteiger charge is 2.35. The highest BCUT2D eigenvalue weighted by molar-refractivity contribution is 6.04. The van der Waals surface area contributed by atoms with Crippen molar-refractivity contribution in [1.82, 2.24) is 19.6 Å². The summed E-state index contributed by atoms with van der Waals surface area (Å²) < 4.78 is 21.2. The van der Waals surface area contributed by atoms with Gasteiger partial charge < -0.3 is 15.0 Å². The van der Waals surface area contributed by atoms with E-state index in [9.17, 15) is 14.0 Å². The van der Waals surface area contributed by atoms with Crippen LogP contribution in [0.2, 0.25) is 0 Å². The number of anilines is 1. The van der Waals surface area contributed by atoms with E-state index in [1.165, 1.54) is 50.3 Å². The fourth-order valence-corrected chi connectivity index (χ4v) is 5.09. The third-order valence-corrected chi connectivity index (χ3v) is 7.08. The number of hydrogen-bond donors (Lipinski definition) is 1. The zero-order valence-corrected chi connectivity index (χ0v) is 20.7. The Morgan fingerprint density at radius 3 is 2.77 bits per heavy atom. The Hall–Kier alpha value is -2.78. The van der Waals surface area contributed by atoms with Crippen molar-refractivity contribution in [3.63, 3.8) is 0 Å². The fraction of sp³-hybridized carbons (Fsp3) is 0.577. The average Bonchev–Trinajstić information content (AvgIpc) is 3.46. The van der Waals surface area contributed by atoms with Gasteiger partial charge in [0.05, 0.1) is 24.5 Å². The van der Waals surface area contributed by atoms with Crippen LogP contribution in [0.25, 0.3) is 0 Å². The zero-order valence-electron chi connectivity index (χ0n) is 20.7. The lowest BCUT2D eigenvalue weighted by molar-refractivity contribution is -0.134. The highest BCUT2D eigenvalue weighted by Crippen LogP contribution is 2.32. The number of ether oxygens (including phenoxy) is 1. The summed E-state index contributed by atoms with van der Waals surface area (Å²) in [6.07, 6.45) is 10.8. The number of halogens is 1. The van der Waals surface area contributed by atoms with Gasteiger partial charge in [-0.1, -0.05) is 25.3 Å². The molecule has 8 nitrogen and oxygen atoms in total. The summed E-state index contributed by atoms with van der Waals surface area (Å²) in [5, 5.41) is 7.31. The standard InChI is InChI=1S/C26H36FN5O3/c1-30(2)25(33)18-35-17-24-12-23(16-31(24)14-19-7-4-3-5-8-19)32-15-22(13-28-32)29-26(34)20-9-6-10-21(27)11-20/h6,9-11,13,15,19,23-24H,3-5,7-8,12,14,16-18H2,1-2H3,(H,29,34)/t23-,24-/m0/s1. The molecule has 0 radical (unpaired) electrons. The molecule has 1 aliphatic heterocycles. The van der Waals surface area contributed by atoms with Crippen molar-refractivity contribution in [3.05, 3.63) is 48.0 Å². The SMILES string of the molecule is CN(C)C(=O)COC[C@@H]1C[C@H](n2cc(NC(=O)c3cccc(F)c3)cn2)CN1CC1CCCCC1. The summed E-state index contributed by atoms with van der Waals surface area (Å²) in [5.41, 5.74) is 0.844. The first-order valence-corrected chi connectivity index (χ1v) is 12.5. The second-order valence-electron chi connectivity index (χ2n) is 9.98. The molecule has 1 saturated heterocycles. The fourth-order valence-electron chi connectivity index (χ4n) is 5.09. The van der Waals surface area contributed by atoms with Gasteiger partial charge >= 0.3 is 0 Å². The number of nitrogens with one attached hydrogen (secondary N) is 1. The lowest BCUT2D eigenvalue weighted by Gasteiger charge is -2.30. The molecule has 1 aliphatic carbocycles. The molecule has 190 valence electrons. The third kappa shape index (κ3) is 6.89. The van der Waals surface area contributed by atoms with Crippen LogP contribution in [0.1, 0.15) is 54.9 Å². The van der Waals surface area contributed by atoms with Crippen LogP contribution in [-0.4, -0.2) is 77.8 Å². The van der Waals surface area contributed by atoms with Gasteiger partial charge in [0.25, 0.3) is 5.91 Å². The van der Waals surface area contributed by atoms with Gasteiger partial charge in [-0.15, -0.1) is 0 Å². The normalized spacial score (nSPS) is 21.2. The van der Waals surface area contributed by atoms with E-state index < -0.39 is 5.82 Å². The van der Waals surface area contributed by atoms with Crippen molar-refractivity contribution in [2.75, 3.05) is 45.7 Å². The number of carbonyl (C=O) groups excluding carboxylic acids is 2. The molecule has 35 heavy (non-hydrogen) atoms. The molecule has 1 aromatic heterocycles. The molecule has 9 heteroatoms. The summed E-state index contributed by atoms with van der Waals surface area (Å²) >= 11 is 0. The minimum Gasteiger partial charge on any atom is -0.370 e. The smallest absolute Gasteiger partial charge is 0.255 e. The van der Waals surface area contributed by atoms with E-state index in [1.807, 2.05) is 10.9 Å². The number of hydrogen-bond acceptors (Lipinski definition) is 5. The van der Waals surface area contributed by atoms with E-state index in [-0.39, 0.29) is 36.1 Å². The molecule has 2 atom stereocenters. The molecular weight excluding hydrogens is 449 g/mol. The number of amides is 2. The summed E-state index contributed by atoms with van der Waals surface area (Å²) in [5.74, 6) is -0.152. The highest BCUT2D eigenvalue weighted by atomic mass is 19.1. The Labute approximate surface area is 206 Å². The van der Waals surface area contributed by atoms with Crippen LogP contribution in [0.4, 0.5) is 10.1 Å². The maximum absolute atomic E-state index is 13.5. The lowest BCUT2D eigenvalue weighted by Crippen LogP contribution is -2.38. The van der Waals surface area contributed by atoms with Crippen LogP contribution < -0.4 is 5.32 Å². The van der Waals surface area contributed by atoms with Gasteiger partial charge in [0.1, 0.15) is 12.4 Å². The number of aromatic nitrogens is 2. The van der Waals surface area contributed by atoms with Crippen molar-refractivity contribution in [3.8, 4) is 0 Å². The monoisotopic (exact) mass is 485 g/mol. The second-order valence-corrected chi connectivity index (χ2v) is 9.98. The van der Waals surface area contributed by atoms with E-state index in [4.69, 9.17) is 4.74 Å². The van der Waals surface area contributed by atoms with E-state index in [0.29, 0.717) is 18.2 Å². The number of benzene rings is 1. The molecule has 2 amide bonds. The lowest BCUT2D eigenvalue weighted by atomic mass is 9.89. The van der Waals surface area contributed by atoms with Crippen molar-refractivity contribution < 1.29 is 18.7 Å². The van der Waals surface area contributed by atoms with Crippen LogP contribution in [0.5, 0.6) is 0 Å². The van der Waals surface area contributed by atoms with Gasteiger partial charge in [-0.25, -0.2) is 4.39 Å². The van der Waals surface area contributed by atoms with Crippen LogP contribution >= 0.6 is 0 Å². The number of carbonyl (C=O) groups is 2. The molecule has 2 heterocycles. The van der Waals surface area contributed by atoms with Crippen LogP contribution in [0.3, 0.4) is 0 Å². The first-order valence-electron chi connectivity index (χ1n) is 12.5. The molecule has 1 saturated carbocycles. The number of nitrogens with zero attached hydrogens (tertiary/aromatic N) is 4. The summed E-state index contributed by atoms with van der Waals surface area (Å²) in [4.78, 5) is 28.4. The van der Waals surface area contributed by atoms with E-state index in [0.717, 1.165) is 19.5 Å². The number of likely N-dealkylation sites (tertiary alicyclic amines) is 1. The predicted octanol–water partition coefficient (Wildman–Crippen LogP) is 3.58. The molecule has 1 aromatic carbocycles. The summed E-state index contributed by atoms with van der Waals surface area (Å²) in [7, 11) is 3.46. The van der Waals surface area contributed by atoms with Crippen LogP contribution in [0.15, 0.2) is 36.7 Å². The third-order valence-electron chi connectivity index (χ3n) is 7.08. The molecule has 2 aromatic rings. The Bertz CT molecular complexity index is 1000. The number of rotatable bonds is 9. The van der Waals surface area contributed by atoms with Crippen molar-refractivity contribution in [1.29, 1.82) is 0 Å². The zero-order chi connectivity index (χ0) is 24.8. The van der Waals surface area contributed by atoms with Crippen molar-refractivity contribution in [2.45, 2.75) is 50.6 Å². The van der Waals surface area contributed by atoms with E-state index >= 15 is 0 Å². The largest absolute Gasteiger partial charge is 0.370 e. The van der Waals surface area contributed by atoms with E-state index in [1.54, 1.807) is 31.3 Å². The van der Waals surface area contributed by atoms with Gasteiger partial charge in [-0.2, -0.15) is 5.10 Å². The summed E-state index contributed by atoms with van der Waals surface area (Å²) in [6.45, 7) is 2.48. The molecule has 0 spiro atoms. The van der Waals surface area contributed by atoms with Gasteiger partial charge in [0.15, 0.2) is 0 Å². The van der Waals surface area contributed by atoms with Crippen molar-refractivity contribution >= 4 is 17.5 Å². The van der Waals surface area contributed by atoms with Crippen LogP contribution in [-0.2, 0) is 9.53 Å². The van der Waals surface area contributed by atoms with Gasteiger partial charge in [-0.05, 0) is 43.4 Å². The molecule has 2 aliphatic rings. The Morgan fingerprint density at radius 2 is 2.03 bits per heavy atom. The first kappa shape index (κ1) is 25.3. The Morgan fingerprint density at radius 1 is 1.23 bits per heavy atom. The molecule has 0 unspecified atom stereocenters. The Kier molecular flexibility index (Phi) is 8.51. The van der Waals surface area contributed by atoms with Gasteiger partial charge in [0, 0.05) is 45.0 Å². The first-order chi connectivity index (χ1) is 16.9. The minimum absolute atomic E-state index is 0.0378. The molecular formula is C26H36FN5O3. The predicted molar refractivity (Wildman–Crippen MR) is 132 cm³/mol. The quantitative estimate of drug-likeness (QED) is 0.587. The number of likely N-dealkylation sites (N-methyl/N-ethyl adjacent to an activating group) is 1. The van der Waals surface area contributed by atoms with E-state index in [2.05, 4.69) is 15.3 Å². The molecule has 1 N–H and O–H groups in total. The Balaban J connectivity index is 1.38. The topological polar surface area (TPSA) is 79.7 Å². The maximum atomic E-state index is 13.5. The molecule has 0 bridgehead atoms.